The third-order valence-electron chi connectivity index (χ3n) is 2.73. The number of unbranched alkanes of at least 4 members (excludes halogenated alkanes) is 1. The van der Waals surface area contributed by atoms with E-state index in [1.807, 2.05) is 13.8 Å². The highest BCUT2D eigenvalue weighted by molar-refractivity contribution is 6.03. The van der Waals surface area contributed by atoms with E-state index in [1.54, 1.807) is 0 Å². The summed E-state index contributed by atoms with van der Waals surface area (Å²) < 4.78 is 14.9. The number of rotatable bonds is 7. The minimum atomic E-state index is -0.727. The highest BCUT2D eigenvalue weighted by Gasteiger charge is 2.24. The second kappa shape index (κ2) is 8.24. The van der Waals surface area contributed by atoms with Crippen LogP contribution in [0.3, 0.4) is 0 Å². The number of ether oxygens (including phenoxy) is 2. The molecular formula is C15H20O6. The van der Waals surface area contributed by atoms with Crippen molar-refractivity contribution in [2.24, 2.45) is 0 Å². The van der Waals surface area contributed by atoms with Crippen molar-refractivity contribution in [3.8, 4) is 0 Å². The molecule has 0 atom stereocenters. The fraction of sp³-hybridized carbons (Fsp3) is 0.533. The van der Waals surface area contributed by atoms with E-state index < -0.39 is 17.6 Å². The third kappa shape index (κ3) is 4.73. The zero-order valence-corrected chi connectivity index (χ0v) is 12.6. The second-order valence-corrected chi connectivity index (χ2v) is 4.54. The van der Waals surface area contributed by atoms with Crippen molar-refractivity contribution in [1.29, 1.82) is 0 Å². The molecular weight excluding hydrogens is 276 g/mol. The van der Waals surface area contributed by atoms with E-state index in [2.05, 4.69) is 0 Å². The molecule has 0 aliphatic carbocycles. The topological polar surface area (TPSA) is 82.8 Å². The predicted molar refractivity (Wildman–Crippen MR) is 75.5 cm³/mol. The number of aryl methyl sites for hydroxylation is 1. The Kier molecular flexibility index (Phi) is 6.65. The smallest absolute Gasteiger partial charge is 0.342 e. The van der Waals surface area contributed by atoms with Crippen LogP contribution in [0, 0.1) is 6.92 Å². The Labute approximate surface area is 123 Å². The van der Waals surface area contributed by atoms with Gasteiger partial charge in [0.1, 0.15) is 11.3 Å². The molecule has 6 nitrogen and oxygen atoms in total. The van der Waals surface area contributed by atoms with Crippen molar-refractivity contribution in [1.82, 2.24) is 0 Å². The number of carbonyl (C=O) groups is 2. The first-order valence-corrected chi connectivity index (χ1v) is 7.00. The van der Waals surface area contributed by atoms with Gasteiger partial charge in [-0.15, -0.1) is 0 Å². The lowest BCUT2D eigenvalue weighted by Gasteiger charge is -2.10. The van der Waals surface area contributed by atoms with Gasteiger partial charge in [0.2, 0.25) is 0 Å². The van der Waals surface area contributed by atoms with Crippen molar-refractivity contribution in [2.45, 2.75) is 40.0 Å². The van der Waals surface area contributed by atoms with Gasteiger partial charge in [-0.1, -0.05) is 20.3 Å². The SMILES string of the molecule is CCCCOC(=O)c1c(C(=O)OCCC)cc(=O)oc1C. The molecule has 1 rings (SSSR count). The van der Waals surface area contributed by atoms with E-state index in [4.69, 9.17) is 13.9 Å². The van der Waals surface area contributed by atoms with Crippen LogP contribution in [0.2, 0.25) is 0 Å². The summed E-state index contributed by atoms with van der Waals surface area (Å²) in [6.07, 6.45) is 2.24. The molecule has 6 heteroatoms. The van der Waals surface area contributed by atoms with Crippen molar-refractivity contribution < 1.29 is 23.5 Å². The Morgan fingerprint density at radius 3 is 2.38 bits per heavy atom. The number of hydrogen-bond acceptors (Lipinski definition) is 6. The molecule has 0 saturated heterocycles. The molecule has 0 unspecified atom stereocenters. The van der Waals surface area contributed by atoms with E-state index in [0.29, 0.717) is 6.42 Å². The van der Waals surface area contributed by atoms with E-state index in [-0.39, 0.29) is 30.1 Å². The molecule has 0 bridgehead atoms. The Morgan fingerprint density at radius 1 is 1.10 bits per heavy atom. The van der Waals surface area contributed by atoms with Crippen molar-refractivity contribution in [2.75, 3.05) is 13.2 Å². The minimum Gasteiger partial charge on any atom is -0.462 e. The second-order valence-electron chi connectivity index (χ2n) is 4.54. The average Bonchev–Trinajstić information content (AvgIpc) is 2.43. The number of carbonyl (C=O) groups excluding carboxylic acids is 2. The summed E-state index contributed by atoms with van der Waals surface area (Å²) in [6.45, 7) is 5.71. The third-order valence-corrected chi connectivity index (χ3v) is 2.73. The van der Waals surface area contributed by atoms with Gasteiger partial charge in [0, 0.05) is 6.07 Å². The maximum atomic E-state index is 12.1. The molecule has 116 valence electrons. The molecule has 0 fully saturated rings. The first kappa shape index (κ1) is 16.9. The summed E-state index contributed by atoms with van der Waals surface area (Å²) in [5, 5.41) is 0. The van der Waals surface area contributed by atoms with Gasteiger partial charge in [-0.05, 0) is 19.8 Å². The lowest BCUT2D eigenvalue weighted by atomic mass is 10.1. The fourth-order valence-corrected chi connectivity index (χ4v) is 1.68. The zero-order valence-electron chi connectivity index (χ0n) is 12.6. The monoisotopic (exact) mass is 296 g/mol. The Balaban J connectivity index is 3.08. The van der Waals surface area contributed by atoms with Gasteiger partial charge in [0.25, 0.3) is 0 Å². The van der Waals surface area contributed by atoms with Crippen molar-refractivity contribution >= 4 is 11.9 Å². The van der Waals surface area contributed by atoms with Crippen molar-refractivity contribution in [3.05, 3.63) is 33.4 Å². The summed E-state index contributed by atoms with van der Waals surface area (Å²) in [7, 11) is 0. The Bertz CT molecular complexity index is 558. The van der Waals surface area contributed by atoms with Crippen LogP contribution in [0.1, 0.15) is 59.6 Å². The van der Waals surface area contributed by atoms with E-state index in [0.717, 1.165) is 18.9 Å². The molecule has 0 amide bonds. The van der Waals surface area contributed by atoms with Crippen LogP contribution >= 0.6 is 0 Å². The van der Waals surface area contributed by atoms with Crippen molar-refractivity contribution in [3.63, 3.8) is 0 Å². The molecule has 0 radical (unpaired) electrons. The molecule has 0 N–H and O–H groups in total. The van der Waals surface area contributed by atoms with E-state index in [1.165, 1.54) is 6.92 Å². The van der Waals surface area contributed by atoms with E-state index in [9.17, 15) is 14.4 Å². The first-order chi connectivity index (χ1) is 10.0. The summed E-state index contributed by atoms with van der Waals surface area (Å²) >= 11 is 0. The summed E-state index contributed by atoms with van der Waals surface area (Å²) in [5.74, 6) is -1.36. The lowest BCUT2D eigenvalue weighted by Crippen LogP contribution is -2.19. The maximum Gasteiger partial charge on any atom is 0.342 e. The molecule has 0 aliphatic heterocycles. The predicted octanol–water partition coefficient (Wildman–Crippen LogP) is 2.47. The molecule has 21 heavy (non-hydrogen) atoms. The summed E-state index contributed by atoms with van der Waals surface area (Å²) in [5.41, 5.74) is -0.869. The van der Waals surface area contributed by atoms with Gasteiger partial charge in [0.05, 0.1) is 18.8 Å². The van der Waals surface area contributed by atoms with Gasteiger partial charge in [0.15, 0.2) is 0 Å². The fourth-order valence-electron chi connectivity index (χ4n) is 1.68. The van der Waals surface area contributed by atoms with Gasteiger partial charge in [-0.2, -0.15) is 0 Å². The molecule has 0 aromatic carbocycles. The van der Waals surface area contributed by atoms with Crippen LogP contribution in [-0.4, -0.2) is 25.2 Å². The zero-order chi connectivity index (χ0) is 15.8. The van der Waals surface area contributed by atoms with Crippen LogP contribution in [0.5, 0.6) is 0 Å². The molecule has 1 aromatic rings. The quantitative estimate of drug-likeness (QED) is 0.568. The first-order valence-electron chi connectivity index (χ1n) is 7.00. The molecule has 0 spiro atoms. The average molecular weight is 296 g/mol. The van der Waals surface area contributed by atoms with Gasteiger partial charge in [-0.3, -0.25) is 0 Å². The van der Waals surface area contributed by atoms with Gasteiger partial charge < -0.3 is 13.9 Å². The minimum absolute atomic E-state index is 0.0486. The van der Waals surface area contributed by atoms with E-state index >= 15 is 0 Å². The number of hydrogen-bond donors (Lipinski definition) is 0. The van der Waals surface area contributed by atoms with Gasteiger partial charge in [-0.25, -0.2) is 14.4 Å². The largest absolute Gasteiger partial charge is 0.462 e. The normalized spacial score (nSPS) is 10.2. The molecule has 0 aliphatic rings. The Hall–Kier alpha value is -2.11. The molecule has 0 saturated carbocycles. The highest BCUT2D eigenvalue weighted by Crippen LogP contribution is 2.15. The highest BCUT2D eigenvalue weighted by atomic mass is 16.5. The van der Waals surface area contributed by atoms with Gasteiger partial charge >= 0.3 is 17.6 Å². The van der Waals surface area contributed by atoms with Crippen LogP contribution in [-0.2, 0) is 9.47 Å². The van der Waals surface area contributed by atoms with Crippen LogP contribution in [0.25, 0.3) is 0 Å². The van der Waals surface area contributed by atoms with Crippen LogP contribution < -0.4 is 5.63 Å². The summed E-state index contributed by atoms with van der Waals surface area (Å²) in [6, 6.07) is 0.960. The van der Waals surface area contributed by atoms with Crippen LogP contribution in [0.4, 0.5) is 0 Å². The standard InChI is InChI=1S/C15H20O6/c1-4-6-8-20-15(18)13-10(3)21-12(16)9-11(13)14(17)19-7-5-2/h9H,4-8H2,1-3H3. The maximum absolute atomic E-state index is 12.1. The Morgan fingerprint density at radius 2 is 1.76 bits per heavy atom. The molecule has 1 heterocycles. The molecule has 1 aromatic heterocycles. The lowest BCUT2D eigenvalue weighted by molar-refractivity contribution is 0.0449. The number of esters is 2. The van der Waals surface area contributed by atoms with Crippen LogP contribution in [0.15, 0.2) is 15.3 Å². The summed E-state index contributed by atoms with van der Waals surface area (Å²) in [4.78, 5) is 35.4.